The van der Waals surface area contributed by atoms with E-state index in [1.54, 1.807) is 0 Å². The number of aryl methyl sites for hydroxylation is 2. The van der Waals surface area contributed by atoms with Crippen molar-refractivity contribution in [3.05, 3.63) is 57.3 Å². The van der Waals surface area contributed by atoms with Gasteiger partial charge >= 0.3 is 0 Å². The minimum absolute atomic E-state index is 0.243. The standard InChI is InChI=1S/C20H22ClN3OS/c1-5-24(6-2)15-10-8-14(9-11-15)19(25)22-20-23(4)17-13(3)7-12-16(21)18(17)26-20/h7-12H,5-6H2,1-4H3. The molecule has 0 saturated heterocycles. The quantitative estimate of drug-likeness (QED) is 0.645. The zero-order chi connectivity index (χ0) is 18.8. The van der Waals surface area contributed by atoms with Gasteiger partial charge in [-0.25, -0.2) is 0 Å². The van der Waals surface area contributed by atoms with E-state index >= 15 is 0 Å². The van der Waals surface area contributed by atoms with Gasteiger partial charge in [0, 0.05) is 31.4 Å². The van der Waals surface area contributed by atoms with Gasteiger partial charge in [0.25, 0.3) is 5.91 Å². The fourth-order valence-electron chi connectivity index (χ4n) is 3.07. The van der Waals surface area contributed by atoms with Gasteiger partial charge in [0.05, 0.1) is 15.2 Å². The molecule has 0 fully saturated rings. The van der Waals surface area contributed by atoms with Gasteiger partial charge in [-0.3, -0.25) is 4.79 Å². The number of nitrogens with zero attached hydrogens (tertiary/aromatic N) is 3. The maximum Gasteiger partial charge on any atom is 0.279 e. The zero-order valence-corrected chi connectivity index (χ0v) is 17.0. The van der Waals surface area contributed by atoms with Crippen LogP contribution in [0.25, 0.3) is 10.2 Å². The van der Waals surface area contributed by atoms with Gasteiger partial charge in [-0.1, -0.05) is 29.0 Å². The van der Waals surface area contributed by atoms with E-state index in [2.05, 4.69) is 23.7 Å². The van der Waals surface area contributed by atoms with Crippen LogP contribution in [0.3, 0.4) is 0 Å². The van der Waals surface area contributed by atoms with Gasteiger partial charge in [-0.15, -0.1) is 0 Å². The number of carbonyl (C=O) groups excluding carboxylic acids is 1. The van der Waals surface area contributed by atoms with Gasteiger partial charge in [0.2, 0.25) is 0 Å². The summed E-state index contributed by atoms with van der Waals surface area (Å²) in [7, 11) is 1.91. The fourth-order valence-corrected chi connectivity index (χ4v) is 4.43. The predicted octanol–water partition coefficient (Wildman–Crippen LogP) is 4.79. The Hall–Kier alpha value is -2.11. The minimum Gasteiger partial charge on any atom is -0.372 e. The summed E-state index contributed by atoms with van der Waals surface area (Å²) in [6.07, 6.45) is 0. The summed E-state index contributed by atoms with van der Waals surface area (Å²) in [5.41, 5.74) is 3.83. The highest BCUT2D eigenvalue weighted by atomic mass is 35.5. The van der Waals surface area contributed by atoms with Crippen LogP contribution in [0.4, 0.5) is 5.69 Å². The lowest BCUT2D eigenvalue weighted by molar-refractivity contribution is 0.0998. The van der Waals surface area contributed by atoms with Crippen molar-refractivity contribution in [2.45, 2.75) is 20.8 Å². The highest BCUT2D eigenvalue weighted by Crippen LogP contribution is 2.28. The van der Waals surface area contributed by atoms with Gasteiger partial charge in [0.15, 0.2) is 4.80 Å². The van der Waals surface area contributed by atoms with Crippen LogP contribution in [0.15, 0.2) is 41.4 Å². The Morgan fingerprint density at radius 1 is 1.15 bits per heavy atom. The third-order valence-corrected chi connectivity index (χ3v) is 6.13. The molecule has 0 unspecified atom stereocenters. The molecule has 0 saturated carbocycles. The van der Waals surface area contributed by atoms with Gasteiger partial charge in [0.1, 0.15) is 0 Å². The number of hydrogen-bond donors (Lipinski definition) is 0. The topological polar surface area (TPSA) is 37.6 Å². The summed E-state index contributed by atoms with van der Waals surface area (Å²) in [5.74, 6) is -0.243. The Morgan fingerprint density at radius 2 is 1.81 bits per heavy atom. The number of aromatic nitrogens is 1. The molecule has 0 N–H and O–H groups in total. The third-order valence-electron chi connectivity index (χ3n) is 4.54. The van der Waals surface area contributed by atoms with Crippen LogP contribution in [0.5, 0.6) is 0 Å². The molecule has 0 radical (unpaired) electrons. The molecule has 3 aromatic rings. The minimum atomic E-state index is -0.243. The summed E-state index contributed by atoms with van der Waals surface area (Å²) in [6, 6.07) is 11.5. The highest BCUT2D eigenvalue weighted by molar-refractivity contribution is 7.17. The number of hydrogen-bond acceptors (Lipinski definition) is 3. The first-order chi connectivity index (χ1) is 12.5. The van der Waals surface area contributed by atoms with E-state index in [9.17, 15) is 4.79 Å². The van der Waals surface area contributed by atoms with E-state index in [4.69, 9.17) is 11.6 Å². The van der Waals surface area contributed by atoms with Gasteiger partial charge < -0.3 is 9.47 Å². The van der Waals surface area contributed by atoms with Crippen LogP contribution in [0.2, 0.25) is 5.02 Å². The van der Waals surface area contributed by atoms with E-state index in [1.807, 2.05) is 54.9 Å². The average molecular weight is 388 g/mol. The lowest BCUT2D eigenvalue weighted by Gasteiger charge is -2.20. The summed E-state index contributed by atoms with van der Waals surface area (Å²) in [4.78, 5) is 19.8. The monoisotopic (exact) mass is 387 g/mol. The molecule has 1 aromatic heterocycles. The number of fused-ring (bicyclic) bond motifs is 1. The van der Waals surface area contributed by atoms with Crippen LogP contribution in [-0.2, 0) is 7.05 Å². The maximum absolute atomic E-state index is 12.6. The van der Waals surface area contributed by atoms with E-state index < -0.39 is 0 Å². The molecule has 1 amide bonds. The number of carbonyl (C=O) groups is 1. The summed E-state index contributed by atoms with van der Waals surface area (Å²) in [6.45, 7) is 8.14. The second kappa shape index (κ2) is 7.64. The Morgan fingerprint density at radius 3 is 2.38 bits per heavy atom. The Bertz CT molecular complexity index is 1010. The molecule has 136 valence electrons. The van der Waals surface area contributed by atoms with Crippen LogP contribution >= 0.6 is 22.9 Å². The molecule has 26 heavy (non-hydrogen) atoms. The Balaban J connectivity index is 1.99. The van der Waals surface area contributed by atoms with Crippen molar-refractivity contribution in [1.82, 2.24) is 4.57 Å². The lowest BCUT2D eigenvalue weighted by atomic mass is 10.2. The van der Waals surface area contributed by atoms with Crippen molar-refractivity contribution in [2.24, 2.45) is 12.0 Å². The molecular formula is C20H22ClN3OS. The first-order valence-electron chi connectivity index (χ1n) is 8.65. The number of benzene rings is 2. The Kier molecular flexibility index (Phi) is 5.49. The first-order valence-corrected chi connectivity index (χ1v) is 9.84. The molecule has 0 bridgehead atoms. The van der Waals surface area contributed by atoms with E-state index in [-0.39, 0.29) is 5.91 Å². The van der Waals surface area contributed by atoms with Crippen LogP contribution in [-0.4, -0.2) is 23.6 Å². The van der Waals surface area contributed by atoms with Crippen molar-refractivity contribution in [1.29, 1.82) is 0 Å². The molecule has 0 aliphatic heterocycles. The number of amides is 1. The van der Waals surface area contributed by atoms with Crippen molar-refractivity contribution in [3.8, 4) is 0 Å². The number of thiazole rings is 1. The molecule has 0 spiro atoms. The third kappa shape index (κ3) is 3.41. The fraction of sp³-hybridized carbons (Fsp3) is 0.300. The molecule has 2 aromatic carbocycles. The first kappa shape index (κ1) is 18.7. The average Bonchev–Trinajstić information content (AvgIpc) is 2.97. The number of rotatable bonds is 4. The summed E-state index contributed by atoms with van der Waals surface area (Å²) in [5, 5.41) is 0.684. The molecule has 3 rings (SSSR count). The number of halogens is 1. The SMILES string of the molecule is CCN(CC)c1ccc(C(=O)N=c2sc3c(Cl)ccc(C)c3n2C)cc1. The molecule has 6 heteroatoms. The normalized spacial score (nSPS) is 12.0. The largest absolute Gasteiger partial charge is 0.372 e. The van der Waals surface area contributed by atoms with Crippen LogP contribution in [0.1, 0.15) is 29.8 Å². The molecule has 1 heterocycles. The van der Waals surface area contributed by atoms with Gasteiger partial charge in [-0.2, -0.15) is 4.99 Å². The molecule has 0 aliphatic rings. The van der Waals surface area contributed by atoms with E-state index in [0.29, 0.717) is 15.4 Å². The second-order valence-corrected chi connectivity index (χ2v) is 7.51. The summed E-state index contributed by atoms with van der Waals surface area (Å²) >= 11 is 7.75. The molecule has 0 aliphatic carbocycles. The van der Waals surface area contributed by atoms with Crippen molar-refractivity contribution < 1.29 is 4.79 Å². The second-order valence-electron chi connectivity index (χ2n) is 6.12. The van der Waals surface area contributed by atoms with Crippen molar-refractivity contribution in [3.63, 3.8) is 0 Å². The molecular weight excluding hydrogens is 366 g/mol. The van der Waals surface area contributed by atoms with Gasteiger partial charge in [-0.05, 0) is 56.7 Å². The smallest absolute Gasteiger partial charge is 0.279 e. The van der Waals surface area contributed by atoms with Crippen LogP contribution in [0, 0.1) is 6.92 Å². The predicted molar refractivity (Wildman–Crippen MR) is 110 cm³/mol. The summed E-state index contributed by atoms with van der Waals surface area (Å²) < 4.78 is 2.89. The van der Waals surface area contributed by atoms with E-state index in [1.165, 1.54) is 11.3 Å². The van der Waals surface area contributed by atoms with Crippen molar-refractivity contribution in [2.75, 3.05) is 18.0 Å². The Labute approximate surface area is 162 Å². The number of anilines is 1. The van der Waals surface area contributed by atoms with Crippen molar-refractivity contribution >= 4 is 44.7 Å². The molecule has 0 atom stereocenters. The zero-order valence-electron chi connectivity index (χ0n) is 15.4. The maximum atomic E-state index is 12.6. The highest BCUT2D eigenvalue weighted by Gasteiger charge is 2.11. The molecule has 4 nitrogen and oxygen atoms in total. The lowest BCUT2D eigenvalue weighted by Crippen LogP contribution is -2.21. The van der Waals surface area contributed by atoms with E-state index in [0.717, 1.165) is 34.6 Å². The van der Waals surface area contributed by atoms with Crippen LogP contribution < -0.4 is 9.70 Å².